The molecule has 1 fully saturated rings. The number of piperidine rings is 1. The summed E-state index contributed by atoms with van der Waals surface area (Å²) in [7, 11) is 0. The Bertz CT molecular complexity index is 405. The number of likely N-dealkylation sites (tertiary alicyclic amines) is 1. The van der Waals surface area contributed by atoms with Crippen molar-refractivity contribution < 1.29 is 4.79 Å². The van der Waals surface area contributed by atoms with Gasteiger partial charge in [0, 0.05) is 11.6 Å². The van der Waals surface area contributed by atoms with Gasteiger partial charge in [-0.25, -0.2) is 0 Å². The van der Waals surface area contributed by atoms with Gasteiger partial charge in [0.2, 0.25) is 0 Å². The minimum Gasteiger partial charge on any atom is -0.298 e. The van der Waals surface area contributed by atoms with E-state index in [-0.39, 0.29) is 11.8 Å². The van der Waals surface area contributed by atoms with Crippen LogP contribution in [0.3, 0.4) is 0 Å². The predicted molar refractivity (Wildman–Crippen MR) is 70.2 cm³/mol. The van der Waals surface area contributed by atoms with Gasteiger partial charge in [0.15, 0.2) is 0 Å². The Hall–Kier alpha value is -0.860. The van der Waals surface area contributed by atoms with Crippen molar-refractivity contribution in [2.75, 3.05) is 6.54 Å². The number of Topliss-reactive ketones (excluding diaryl/α,β-unsaturated/α-hetero) is 1. The number of ketones is 1. The van der Waals surface area contributed by atoms with Crippen molar-refractivity contribution in [1.29, 1.82) is 0 Å². The largest absolute Gasteiger partial charge is 0.298 e. The number of carbonyl (C=O) groups excluding carboxylic acids is 1. The summed E-state index contributed by atoms with van der Waals surface area (Å²) in [6, 6.07) is 7.95. The van der Waals surface area contributed by atoms with Gasteiger partial charge in [-0.3, -0.25) is 9.69 Å². The van der Waals surface area contributed by atoms with Crippen molar-refractivity contribution in [3.8, 4) is 0 Å². The summed E-state index contributed by atoms with van der Waals surface area (Å²) in [5.41, 5.74) is 1.11. The second-order valence-electron chi connectivity index (χ2n) is 4.68. The van der Waals surface area contributed by atoms with Crippen LogP contribution < -0.4 is 0 Å². The molecule has 2 rings (SSSR count). The lowest BCUT2D eigenvalue weighted by Gasteiger charge is -2.34. The number of nitrogens with zero attached hydrogens (tertiary/aromatic N) is 1. The third kappa shape index (κ3) is 3.08. The van der Waals surface area contributed by atoms with Crippen molar-refractivity contribution in [2.24, 2.45) is 0 Å². The van der Waals surface area contributed by atoms with Crippen LogP contribution in [0.4, 0.5) is 0 Å². The van der Waals surface area contributed by atoms with Gasteiger partial charge in [0.25, 0.3) is 0 Å². The maximum absolute atomic E-state index is 11.6. The Morgan fingerprint density at radius 3 is 2.88 bits per heavy atom. The Labute approximate surface area is 108 Å². The molecule has 1 aliphatic rings. The topological polar surface area (TPSA) is 20.3 Å². The van der Waals surface area contributed by atoms with Gasteiger partial charge in [-0.1, -0.05) is 36.2 Å². The second kappa shape index (κ2) is 5.65. The van der Waals surface area contributed by atoms with Crippen LogP contribution in [0.25, 0.3) is 0 Å². The Kier molecular flexibility index (Phi) is 4.19. The molecular formula is C14H18ClNO. The predicted octanol–water partition coefficient (Wildman–Crippen LogP) is 3.28. The molecule has 17 heavy (non-hydrogen) atoms. The fraction of sp³-hybridized carbons (Fsp3) is 0.500. The number of benzene rings is 1. The van der Waals surface area contributed by atoms with Gasteiger partial charge >= 0.3 is 0 Å². The SMILES string of the molecule is CC(=O)C1CCCCN1Cc1ccccc1Cl. The van der Waals surface area contributed by atoms with Crippen molar-refractivity contribution in [2.45, 2.75) is 38.8 Å². The average molecular weight is 252 g/mol. The molecule has 0 radical (unpaired) electrons. The third-order valence-corrected chi connectivity index (χ3v) is 3.78. The zero-order chi connectivity index (χ0) is 12.3. The molecule has 0 saturated carbocycles. The number of halogens is 1. The van der Waals surface area contributed by atoms with Gasteiger partial charge in [0.05, 0.1) is 6.04 Å². The Balaban J connectivity index is 2.11. The molecule has 0 bridgehead atoms. The minimum atomic E-state index is 0.0834. The first-order valence-electron chi connectivity index (χ1n) is 6.16. The number of hydrogen-bond acceptors (Lipinski definition) is 2. The standard InChI is InChI=1S/C14H18ClNO/c1-11(17)14-8-4-5-9-16(14)10-12-6-2-3-7-13(12)15/h2-3,6-7,14H,4-5,8-10H2,1H3. The van der Waals surface area contributed by atoms with Crippen molar-refractivity contribution in [1.82, 2.24) is 4.90 Å². The van der Waals surface area contributed by atoms with Crippen LogP contribution >= 0.6 is 11.6 Å². The highest BCUT2D eigenvalue weighted by Crippen LogP contribution is 2.23. The van der Waals surface area contributed by atoms with E-state index < -0.39 is 0 Å². The van der Waals surface area contributed by atoms with Crippen LogP contribution in [-0.4, -0.2) is 23.3 Å². The molecule has 1 unspecified atom stereocenters. The van der Waals surface area contributed by atoms with E-state index in [1.165, 1.54) is 6.42 Å². The summed E-state index contributed by atoms with van der Waals surface area (Å²) in [5, 5.41) is 0.792. The van der Waals surface area contributed by atoms with Crippen LogP contribution in [0.15, 0.2) is 24.3 Å². The molecule has 3 heteroatoms. The quantitative estimate of drug-likeness (QED) is 0.822. The highest BCUT2D eigenvalue weighted by molar-refractivity contribution is 6.31. The van der Waals surface area contributed by atoms with Gasteiger partial charge in [-0.05, 0) is 37.9 Å². The van der Waals surface area contributed by atoms with Crippen LogP contribution in [0.1, 0.15) is 31.7 Å². The van der Waals surface area contributed by atoms with Crippen molar-refractivity contribution in [3.05, 3.63) is 34.9 Å². The number of hydrogen-bond donors (Lipinski definition) is 0. The van der Waals surface area contributed by atoms with Gasteiger partial charge < -0.3 is 0 Å². The van der Waals surface area contributed by atoms with E-state index in [2.05, 4.69) is 4.90 Å². The van der Waals surface area contributed by atoms with Crippen LogP contribution in [-0.2, 0) is 11.3 Å². The van der Waals surface area contributed by atoms with E-state index in [0.717, 1.165) is 36.5 Å². The normalized spacial score (nSPS) is 21.4. The fourth-order valence-electron chi connectivity index (χ4n) is 2.49. The minimum absolute atomic E-state index is 0.0834. The summed E-state index contributed by atoms with van der Waals surface area (Å²) in [5.74, 6) is 0.275. The molecule has 0 amide bonds. The molecule has 1 aromatic rings. The molecule has 0 aromatic heterocycles. The molecule has 1 atom stereocenters. The zero-order valence-electron chi connectivity index (χ0n) is 10.2. The molecule has 92 valence electrons. The average Bonchev–Trinajstić information content (AvgIpc) is 2.32. The van der Waals surface area contributed by atoms with Gasteiger partial charge in [0.1, 0.15) is 5.78 Å². The monoisotopic (exact) mass is 251 g/mol. The van der Waals surface area contributed by atoms with E-state index in [1.54, 1.807) is 6.92 Å². The number of carbonyl (C=O) groups is 1. The summed E-state index contributed by atoms with van der Waals surface area (Å²) < 4.78 is 0. The summed E-state index contributed by atoms with van der Waals surface area (Å²) >= 11 is 6.16. The molecule has 1 aromatic carbocycles. The maximum Gasteiger partial charge on any atom is 0.146 e. The lowest BCUT2D eigenvalue weighted by atomic mass is 9.98. The molecule has 2 nitrogen and oxygen atoms in total. The Morgan fingerprint density at radius 1 is 1.41 bits per heavy atom. The molecule has 1 heterocycles. The van der Waals surface area contributed by atoms with Crippen LogP contribution in [0, 0.1) is 0 Å². The first-order chi connectivity index (χ1) is 8.18. The molecular weight excluding hydrogens is 234 g/mol. The summed E-state index contributed by atoms with van der Waals surface area (Å²) in [6.45, 7) is 3.47. The number of rotatable bonds is 3. The third-order valence-electron chi connectivity index (χ3n) is 3.41. The lowest BCUT2D eigenvalue weighted by Crippen LogP contribution is -2.43. The maximum atomic E-state index is 11.6. The molecule has 0 N–H and O–H groups in total. The zero-order valence-corrected chi connectivity index (χ0v) is 10.9. The van der Waals surface area contributed by atoms with Crippen molar-refractivity contribution in [3.63, 3.8) is 0 Å². The van der Waals surface area contributed by atoms with Crippen molar-refractivity contribution >= 4 is 17.4 Å². The molecule has 0 aliphatic carbocycles. The lowest BCUT2D eigenvalue weighted by molar-refractivity contribution is -0.123. The van der Waals surface area contributed by atoms with E-state index in [0.29, 0.717) is 0 Å². The highest BCUT2D eigenvalue weighted by atomic mass is 35.5. The first kappa shape index (κ1) is 12.6. The highest BCUT2D eigenvalue weighted by Gasteiger charge is 2.26. The molecule has 1 aliphatic heterocycles. The second-order valence-corrected chi connectivity index (χ2v) is 5.09. The summed E-state index contributed by atoms with van der Waals surface area (Å²) in [4.78, 5) is 13.9. The summed E-state index contributed by atoms with van der Waals surface area (Å²) in [6.07, 6.45) is 3.32. The van der Waals surface area contributed by atoms with E-state index in [1.807, 2.05) is 24.3 Å². The van der Waals surface area contributed by atoms with E-state index >= 15 is 0 Å². The molecule has 0 spiro atoms. The Morgan fingerprint density at radius 2 is 2.18 bits per heavy atom. The van der Waals surface area contributed by atoms with Crippen LogP contribution in [0.5, 0.6) is 0 Å². The van der Waals surface area contributed by atoms with E-state index in [9.17, 15) is 4.79 Å². The van der Waals surface area contributed by atoms with Gasteiger partial charge in [-0.2, -0.15) is 0 Å². The molecule has 1 saturated heterocycles. The smallest absolute Gasteiger partial charge is 0.146 e. The van der Waals surface area contributed by atoms with E-state index in [4.69, 9.17) is 11.6 Å². The van der Waals surface area contributed by atoms with Gasteiger partial charge in [-0.15, -0.1) is 0 Å². The fourth-order valence-corrected chi connectivity index (χ4v) is 2.68. The first-order valence-corrected chi connectivity index (χ1v) is 6.54. The van der Waals surface area contributed by atoms with Crippen LogP contribution in [0.2, 0.25) is 5.02 Å².